The Morgan fingerprint density at radius 1 is 1.54 bits per heavy atom. The molecule has 0 saturated carbocycles. The van der Waals surface area contributed by atoms with Gasteiger partial charge in [0.1, 0.15) is 5.92 Å². The van der Waals surface area contributed by atoms with E-state index in [1.54, 1.807) is 13.8 Å². The standard InChI is InChI=1S/C9H12O4/c1-3-6(10)8(11)7-5(2)4-13-9(7)12/h5,7H,3-4H2,1-2H3/t5-,7+/m0/s1. The third kappa shape index (κ3) is 1.76. The Labute approximate surface area is 76.3 Å². The van der Waals surface area contributed by atoms with Crippen LogP contribution in [0.4, 0.5) is 0 Å². The lowest BCUT2D eigenvalue weighted by Crippen LogP contribution is -2.30. The summed E-state index contributed by atoms with van der Waals surface area (Å²) in [6.45, 7) is 3.58. The highest BCUT2D eigenvalue weighted by molar-refractivity contribution is 6.41. The molecule has 0 aliphatic carbocycles. The van der Waals surface area contributed by atoms with Crippen LogP contribution in [0.1, 0.15) is 20.3 Å². The van der Waals surface area contributed by atoms with Gasteiger partial charge in [-0.25, -0.2) is 0 Å². The molecule has 0 aromatic rings. The number of hydrogen-bond acceptors (Lipinski definition) is 4. The van der Waals surface area contributed by atoms with Gasteiger partial charge in [0.25, 0.3) is 0 Å². The molecule has 0 radical (unpaired) electrons. The summed E-state index contributed by atoms with van der Waals surface area (Å²) in [6.07, 6.45) is 0.148. The van der Waals surface area contributed by atoms with Crippen molar-refractivity contribution in [2.24, 2.45) is 11.8 Å². The number of carbonyl (C=O) groups excluding carboxylic acids is 3. The number of rotatable bonds is 3. The molecule has 0 unspecified atom stereocenters. The highest BCUT2D eigenvalue weighted by Crippen LogP contribution is 2.22. The van der Waals surface area contributed by atoms with Crippen LogP contribution in [0.2, 0.25) is 0 Å². The quantitative estimate of drug-likeness (QED) is 0.360. The van der Waals surface area contributed by atoms with Crippen molar-refractivity contribution >= 4 is 17.5 Å². The van der Waals surface area contributed by atoms with Crippen molar-refractivity contribution in [2.45, 2.75) is 20.3 Å². The van der Waals surface area contributed by atoms with E-state index in [1.165, 1.54) is 0 Å². The molecule has 4 nitrogen and oxygen atoms in total. The van der Waals surface area contributed by atoms with E-state index in [9.17, 15) is 14.4 Å². The molecule has 0 amide bonds. The third-order valence-corrected chi connectivity index (χ3v) is 2.19. The lowest BCUT2D eigenvalue weighted by molar-refractivity contribution is -0.148. The first-order chi connectivity index (χ1) is 6.07. The normalized spacial score (nSPS) is 27.1. The molecule has 1 fully saturated rings. The molecule has 4 heteroatoms. The van der Waals surface area contributed by atoms with E-state index >= 15 is 0 Å². The maximum absolute atomic E-state index is 11.3. The summed E-state index contributed by atoms with van der Waals surface area (Å²) in [5.41, 5.74) is 0. The molecule has 0 N–H and O–H groups in total. The van der Waals surface area contributed by atoms with Gasteiger partial charge in [0.15, 0.2) is 5.78 Å². The molecule has 13 heavy (non-hydrogen) atoms. The Morgan fingerprint density at radius 3 is 2.54 bits per heavy atom. The molecule has 0 aromatic heterocycles. The fraction of sp³-hybridized carbons (Fsp3) is 0.667. The maximum Gasteiger partial charge on any atom is 0.317 e. The first-order valence-corrected chi connectivity index (χ1v) is 4.31. The van der Waals surface area contributed by atoms with E-state index < -0.39 is 23.5 Å². The van der Waals surface area contributed by atoms with Crippen molar-refractivity contribution in [1.29, 1.82) is 0 Å². The SMILES string of the molecule is CCC(=O)C(=O)[C@@H]1C(=O)OC[C@@H]1C. The van der Waals surface area contributed by atoms with E-state index in [0.29, 0.717) is 0 Å². The summed E-state index contributed by atoms with van der Waals surface area (Å²) in [5, 5.41) is 0. The minimum atomic E-state index is -0.854. The monoisotopic (exact) mass is 184 g/mol. The summed E-state index contributed by atoms with van der Waals surface area (Å²) < 4.78 is 4.68. The third-order valence-electron chi connectivity index (χ3n) is 2.19. The van der Waals surface area contributed by atoms with E-state index in [4.69, 9.17) is 0 Å². The number of esters is 1. The zero-order chi connectivity index (χ0) is 10.0. The summed E-state index contributed by atoms with van der Waals surface area (Å²) in [7, 11) is 0. The average molecular weight is 184 g/mol. The Kier molecular flexibility index (Phi) is 2.80. The van der Waals surface area contributed by atoms with Crippen LogP contribution in [-0.2, 0) is 19.1 Å². The summed E-state index contributed by atoms with van der Waals surface area (Å²) in [4.78, 5) is 33.4. The van der Waals surface area contributed by atoms with Gasteiger partial charge in [0, 0.05) is 12.3 Å². The van der Waals surface area contributed by atoms with Gasteiger partial charge in [0.05, 0.1) is 6.61 Å². The Balaban J connectivity index is 2.75. The molecule has 1 aliphatic rings. The van der Waals surface area contributed by atoms with Gasteiger partial charge in [0.2, 0.25) is 5.78 Å². The summed E-state index contributed by atoms with van der Waals surface area (Å²) in [6, 6.07) is 0. The van der Waals surface area contributed by atoms with Crippen molar-refractivity contribution in [3.63, 3.8) is 0 Å². The molecule has 1 aliphatic heterocycles. The second-order valence-electron chi connectivity index (χ2n) is 3.23. The van der Waals surface area contributed by atoms with E-state index in [2.05, 4.69) is 4.74 Å². The number of Topliss-reactive ketones (excluding diaryl/α,β-unsaturated/α-hetero) is 2. The first-order valence-electron chi connectivity index (χ1n) is 4.31. The summed E-state index contributed by atoms with van der Waals surface area (Å²) in [5.74, 6) is -2.67. The summed E-state index contributed by atoms with van der Waals surface area (Å²) >= 11 is 0. The minimum absolute atomic E-state index is 0.148. The maximum atomic E-state index is 11.3. The Hall–Kier alpha value is -1.19. The topological polar surface area (TPSA) is 60.4 Å². The average Bonchev–Trinajstić information content (AvgIpc) is 2.44. The number of ether oxygens (including phenoxy) is 1. The second kappa shape index (κ2) is 3.68. The number of carbonyl (C=O) groups is 3. The second-order valence-corrected chi connectivity index (χ2v) is 3.23. The van der Waals surface area contributed by atoms with Gasteiger partial charge in [-0.15, -0.1) is 0 Å². The molecule has 72 valence electrons. The lowest BCUT2D eigenvalue weighted by atomic mass is 9.90. The van der Waals surface area contributed by atoms with Crippen LogP contribution in [0.5, 0.6) is 0 Å². The lowest BCUT2D eigenvalue weighted by Gasteiger charge is -2.06. The molecule has 1 saturated heterocycles. The van der Waals surface area contributed by atoms with Crippen LogP contribution in [0, 0.1) is 11.8 Å². The van der Waals surface area contributed by atoms with E-state index in [-0.39, 0.29) is 18.9 Å². The van der Waals surface area contributed by atoms with Crippen molar-refractivity contribution in [3.8, 4) is 0 Å². The minimum Gasteiger partial charge on any atom is -0.465 e. The van der Waals surface area contributed by atoms with Crippen LogP contribution >= 0.6 is 0 Å². The van der Waals surface area contributed by atoms with Gasteiger partial charge in [-0.05, 0) is 0 Å². The highest BCUT2D eigenvalue weighted by Gasteiger charge is 2.41. The van der Waals surface area contributed by atoms with Crippen molar-refractivity contribution in [1.82, 2.24) is 0 Å². The largest absolute Gasteiger partial charge is 0.465 e. The van der Waals surface area contributed by atoms with Crippen LogP contribution in [0.15, 0.2) is 0 Å². The molecule has 2 atom stereocenters. The van der Waals surface area contributed by atoms with E-state index in [1.807, 2.05) is 0 Å². The van der Waals surface area contributed by atoms with Crippen LogP contribution in [0.25, 0.3) is 0 Å². The van der Waals surface area contributed by atoms with Gasteiger partial charge in [-0.1, -0.05) is 13.8 Å². The van der Waals surface area contributed by atoms with Crippen molar-refractivity contribution in [3.05, 3.63) is 0 Å². The molecule has 0 bridgehead atoms. The predicted molar refractivity (Wildman–Crippen MR) is 43.9 cm³/mol. The smallest absolute Gasteiger partial charge is 0.317 e. The van der Waals surface area contributed by atoms with Gasteiger partial charge in [-0.3, -0.25) is 14.4 Å². The van der Waals surface area contributed by atoms with Crippen LogP contribution in [-0.4, -0.2) is 24.1 Å². The van der Waals surface area contributed by atoms with Crippen molar-refractivity contribution in [2.75, 3.05) is 6.61 Å². The number of ketones is 2. The molecule has 1 rings (SSSR count). The Morgan fingerprint density at radius 2 is 2.15 bits per heavy atom. The number of cyclic esters (lactones) is 1. The molecular formula is C9H12O4. The fourth-order valence-electron chi connectivity index (χ4n) is 1.35. The predicted octanol–water partition coefficient (Wildman–Crippen LogP) is 0.344. The highest BCUT2D eigenvalue weighted by atomic mass is 16.5. The van der Waals surface area contributed by atoms with Gasteiger partial charge in [-0.2, -0.15) is 0 Å². The van der Waals surface area contributed by atoms with Gasteiger partial charge >= 0.3 is 5.97 Å². The van der Waals surface area contributed by atoms with Gasteiger partial charge < -0.3 is 4.74 Å². The molecular weight excluding hydrogens is 172 g/mol. The van der Waals surface area contributed by atoms with E-state index in [0.717, 1.165) is 0 Å². The molecule has 1 heterocycles. The Bertz CT molecular complexity index is 256. The first kappa shape index (κ1) is 9.89. The number of hydrogen-bond donors (Lipinski definition) is 0. The molecule has 0 aromatic carbocycles. The van der Waals surface area contributed by atoms with Crippen LogP contribution < -0.4 is 0 Å². The van der Waals surface area contributed by atoms with Crippen molar-refractivity contribution < 1.29 is 19.1 Å². The zero-order valence-corrected chi connectivity index (χ0v) is 7.70. The fourth-order valence-corrected chi connectivity index (χ4v) is 1.35. The molecule has 0 spiro atoms. The van der Waals surface area contributed by atoms with Crippen LogP contribution in [0.3, 0.4) is 0 Å². The zero-order valence-electron chi connectivity index (χ0n) is 7.70.